The molecule has 1 atom stereocenters. The number of hydrogen-bond donors (Lipinski definition) is 1. The van der Waals surface area contributed by atoms with E-state index in [1.807, 2.05) is 19.1 Å². The minimum absolute atomic E-state index is 0.190. The molecule has 3 aromatic heterocycles. The number of furan rings is 1. The van der Waals surface area contributed by atoms with E-state index in [1.54, 1.807) is 22.7 Å². The van der Waals surface area contributed by atoms with Gasteiger partial charge in [0.1, 0.15) is 16.5 Å². The van der Waals surface area contributed by atoms with Crippen molar-refractivity contribution in [3.63, 3.8) is 0 Å². The third-order valence-electron chi connectivity index (χ3n) is 3.10. The van der Waals surface area contributed by atoms with Crippen molar-refractivity contribution >= 4 is 22.7 Å². The molecule has 0 fully saturated rings. The van der Waals surface area contributed by atoms with Crippen molar-refractivity contribution in [3.8, 4) is 10.6 Å². The zero-order valence-electron chi connectivity index (χ0n) is 11.4. The Balaban J connectivity index is 1.61. The van der Waals surface area contributed by atoms with Crippen molar-refractivity contribution in [2.75, 3.05) is 0 Å². The molecule has 1 N–H and O–H groups in total. The van der Waals surface area contributed by atoms with Gasteiger partial charge in [-0.2, -0.15) is 11.3 Å². The molecule has 20 heavy (non-hydrogen) atoms. The van der Waals surface area contributed by atoms with Crippen LogP contribution in [0.25, 0.3) is 10.6 Å². The Labute approximate surface area is 126 Å². The average Bonchev–Trinajstić information content (AvgIpc) is 3.16. The van der Waals surface area contributed by atoms with E-state index in [-0.39, 0.29) is 6.04 Å². The first-order chi connectivity index (χ1) is 9.72. The van der Waals surface area contributed by atoms with Gasteiger partial charge in [-0.05, 0) is 37.4 Å². The standard InChI is InChI=1S/C15H16N2OS2/c1-10-3-4-14(18-10)11(2)16-7-13-9-20-15(17-13)12-5-6-19-8-12/h3-6,8-9,11,16H,7H2,1-2H3. The fourth-order valence-corrected chi connectivity index (χ4v) is 3.48. The summed E-state index contributed by atoms with van der Waals surface area (Å²) in [6.45, 7) is 4.82. The fourth-order valence-electron chi connectivity index (χ4n) is 1.95. The van der Waals surface area contributed by atoms with Crippen LogP contribution in [0.5, 0.6) is 0 Å². The number of rotatable bonds is 5. The fraction of sp³-hybridized carbons (Fsp3) is 0.267. The molecule has 0 spiro atoms. The van der Waals surface area contributed by atoms with E-state index in [4.69, 9.17) is 4.42 Å². The van der Waals surface area contributed by atoms with Gasteiger partial charge in [-0.15, -0.1) is 11.3 Å². The van der Waals surface area contributed by atoms with Gasteiger partial charge in [0.15, 0.2) is 0 Å². The van der Waals surface area contributed by atoms with E-state index in [0.717, 1.165) is 28.8 Å². The summed E-state index contributed by atoms with van der Waals surface area (Å²) >= 11 is 3.39. The van der Waals surface area contributed by atoms with Crippen molar-refractivity contribution in [2.24, 2.45) is 0 Å². The quantitative estimate of drug-likeness (QED) is 0.747. The Morgan fingerprint density at radius 3 is 2.90 bits per heavy atom. The zero-order chi connectivity index (χ0) is 13.9. The van der Waals surface area contributed by atoms with E-state index in [1.165, 1.54) is 5.56 Å². The van der Waals surface area contributed by atoms with Gasteiger partial charge < -0.3 is 9.73 Å². The second-order valence-electron chi connectivity index (χ2n) is 4.71. The van der Waals surface area contributed by atoms with Gasteiger partial charge in [-0.1, -0.05) is 0 Å². The number of nitrogens with one attached hydrogen (secondary N) is 1. The molecule has 0 aliphatic carbocycles. The van der Waals surface area contributed by atoms with Crippen LogP contribution in [0.15, 0.2) is 38.8 Å². The van der Waals surface area contributed by atoms with Gasteiger partial charge in [0.25, 0.3) is 0 Å². The van der Waals surface area contributed by atoms with E-state index >= 15 is 0 Å². The van der Waals surface area contributed by atoms with Crippen molar-refractivity contribution in [2.45, 2.75) is 26.4 Å². The maximum atomic E-state index is 5.62. The molecule has 5 heteroatoms. The highest BCUT2D eigenvalue weighted by molar-refractivity contribution is 7.14. The van der Waals surface area contributed by atoms with E-state index in [0.29, 0.717) is 0 Å². The molecular weight excluding hydrogens is 288 g/mol. The van der Waals surface area contributed by atoms with Gasteiger partial charge in [0, 0.05) is 22.9 Å². The highest BCUT2D eigenvalue weighted by atomic mass is 32.1. The molecule has 0 aliphatic heterocycles. The topological polar surface area (TPSA) is 38.1 Å². The summed E-state index contributed by atoms with van der Waals surface area (Å²) in [4.78, 5) is 4.66. The zero-order valence-corrected chi connectivity index (χ0v) is 13.1. The lowest BCUT2D eigenvalue weighted by molar-refractivity contribution is 0.415. The van der Waals surface area contributed by atoms with E-state index < -0.39 is 0 Å². The minimum Gasteiger partial charge on any atom is -0.465 e. The first kappa shape index (κ1) is 13.5. The Bertz CT molecular complexity index is 670. The van der Waals surface area contributed by atoms with Crippen LogP contribution in [0.1, 0.15) is 30.2 Å². The second-order valence-corrected chi connectivity index (χ2v) is 6.35. The first-order valence-electron chi connectivity index (χ1n) is 6.49. The molecule has 1 unspecified atom stereocenters. The van der Waals surface area contributed by atoms with Crippen molar-refractivity contribution in [1.82, 2.24) is 10.3 Å². The number of thiophene rings is 1. The van der Waals surface area contributed by atoms with Crippen molar-refractivity contribution in [1.29, 1.82) is 0 Å². The van der Waals surface area contributed by atoms with Crippen LogP contribution < -0.4 is 5.32 Å². The molecule has 3 heterocycles. The summed E-state index contributed by atoms with van der Waals surface area (Å²) in [6, 6.07) is 6.31. The predicted molar refractivity (Wildman–Crippen MR) is 84.1 cm³/mol. The number of aromatic nitrogens is 1. The van der Waals surface area contributed by atoms with E-state index in [9.17, 15) is 0 Å². The van der Waals surface area contributed by atoms with Crippen LogP contribution >= 0.6 is 22.7 Å². The Morgan fingerprint density at radius 1 is 1.30 bits per heavy atom. The summed E-state index contributed by atoms with van der Waals surface area (Å²) in [5.74, 6) is 1.91. The molecular formula is C15H16N2OS2. The molecule has 0 bridgehead atoms. The summed E-state index contributed by atoms with van der Waals surface area (Å²) in [7, 11) is 0. The lowest BCUT2D eigenvalue weighted by Gasteiger charge is -2.09. The number of hydrogen-bond acceptors (Lipinski definition) is 5. The Kier molecular flexibility index (Phi) is 4.00. The largest absolute Gasteiger partial charge is 0.465 e. The lowest BCUT2D eigenvalue weighted by atomic mass is 10.2. The van der Waals surface area contributed by atoms with Crippen LogP contribution in [-0.2, 0) is 6.54 Å². The van der Waals surface area contributed by atoms with Gasteiger partial charge in [-0.3, -0.25) is 0 Å². The van der Waals surface area contributed by atoms with Crippen LogP contribution in [-0.4, -0.2) is 4.98 Å². The molecule has 0 aromatic carbocycles. The van der Waals surface area contributed by atoms with Gasteiger partial charge in [0.2, 0.25) is 0 Å². The molecule has 3 nitrogen and oxygen atoms in total. The molecule has 0 amide bonds. The molecule has 0 saturated carbocycles. The van der Waals surface area contributed by atoms with Gasteiger partial charge in [-0.25, -0.2) is 4.98 Å². The SMILES string of the molecule is Cc1ccc(C(C)NCc2csc(-c3ccsc3)n2)o1. The second kappa shape index (κ2) is 5.91. The number of aryl methyl sites for hydroxylation is 1. The minimum atomic E-state index is 0.190. The number of nitrogens with zero attached hydrogens (tertiary/aromatic N) is 1. The highest BCUT2D eigenvalue weighted by Gasteiger charge is 2.10. The van der Waals surface area contributed by atoms with Gasteiger partial charge >= 0.3 is 0 Å². The number of thiazole rings is 1. The molecule has 0 saturated heterocycles. The van der Waals surface area contributed by atoms with E-state index in [2.05, 4.69) is 39.4 Å². The first-order valence-corrected chi connectivity index (χ1v) is 8.31. The summed E-state index contributed by atoms with van der Waals surface area (Å²) in [5.41, 5.74) is 2.28. The molecule has 104 valence electrons. The van der Waals surface area contributed by atoms with Crippen LogP contribution in [0, 0.1) is 6.92 Å². The summed E-state index contributed by atoms with van der Waals surface area (Å²) in [6.07, 6.45) is 0. The maximum Gasteiger partial charge on any atom is 0.124 e. The molecule has 3 aromatic rings. The predicted octanol–water partition coefficient (Wildman–Crippen LogP) is 4.62. The molecule has 0 aliphatic rings. The molecule has 0 radical (unpaired) electrons. The van der Waals surface area contributed by atoms with Crippen LogP contribution in [0.4, 0.5) is 0 Å². The third kappa shape index (κ3) is 3.00. The molecule has 3 rings (SSSR count). The summed E-state index contributed by atoms with van der Waals surface area (Å²) < 4.78 is 5.62. The van der Waals surface area contributed by atoms with Crippen molar-refractivity contribution in [3.05, 3.63) is 51.6 Å². The average molecular weight is 304 g/mol. The highest BCUT2D eigenvalue weighted by Crippen LogP contribution is 2.26. The maximum absolute atomic E-state index is 5.62. The Morgan fingerprint density at radius 2 is 2.20 bits per heavy atom. The normalized spacial score (nSPS) is 12.7. The van der Waals surface area contributed by atoms with Crippen LogP contribution in [0.2, 0.25) is 0 Å². The van der Waals surface area contributed by atoms with Gasteiger partial charge in [0.05, 0.1) is 11.7 Å². The smallest absolute Gasteiger partial charge is 0.124 e. The summed E-state index contributed by atoms with van der Waals surface area (Å²) in [5, 5.41) is 10.8. The monoisotopic (exact) mass is 304 g/mol. The Hall–Kier alpha value is -1.43. The van der Waals surface area contributed by atoms with Crippen molar-refractivity contribution < 1.29 is 4.42 Å². The lowest BCUT2D eigenvalue weighted by Crippen LogP contribution is -2.17. The van der Waals surface area contributed by atoms with Crippen LogP contribution in [0.3, 0.4) is 0 Å². The third-order valence-corrected chi connectivity index (χ3v) is 4.72.